The molecule has 0 aliphatic carbocycles. The number of alkyl halides is 1. The second-order valence-corrected chi connectivity index (χ2v) is 5.15. The molecule has 0 aliphatic heterocycles. The molecular formula is C6H13BrN2O3S. The molecular weight excluding hydrogens is 260 g/mol. The molecule has 0 saturated carbocycles. The average Bonchev–Trinajstić information content (AvgIpc) is 2.05. The third kappa shape index (κ3) is 6.97. The number of hydrogen-bond acceptors (Lipinski definition) is 3. The average molecular weight is 273 g/mol. The molecule has 0 unspecified atom stereocenters. The van der Waals surface area contributed by atoms with E-state index in [1.54, 1.807) is 0 Å². The molecule has 0 aliphatic rings. The van der Waals surface area contributed by atoms with Crippen molar-refractivity contribution < 1.29 is 13.2 Å². The van der Waals surface area contributed by atoms with Crippen molar-refractivity contribution in [3.05, 3.63) is 0 Å². The summed E-state index contributed by atoms with van der Waals surface area (Å²) in [5.41, 5.74) is 0. The molecule has 0 aromatic heterocycles. The highest BCUT2D eigenvalue weighted by atomic mass is 79.9. The zero-order valence-corrected chi connectivity index (χ0v) is 9.74. The molecule has 0 spiro atoms. The molecule has 0 radical (unpaired) electrons. The minimum atomic E-state index is -3.21. The molecule has 0 saturated heterocycles. The van der Waals surface area contributed by atoms with Gasteiger partial charge >= 0.3 is 0 Å². The summed E-state index contributed by atoms with van der Waals surface area (Å²) >= 11 is 3.10. The monoisotopic (exact) mass is 272 g/mol. The summed E-state index contributed by atoms with van der Waals surface area (Å²) in [6, 6.07) is 0. The Bertz CT molecular complexity index is 253. The van der Waals surface area contributed by atoms with Gasteiger partial charge in [0.05, 0.1) is 5.75 Å². The molecule has 0 bridgehead atoms. The van der Waals surface area contributed by atoms with Gasteiger partial charge < -0.3 is 5.32 Å². The maximum Gasteiger partial charge on any atom is 0.220 e. The van der Waals surface area contributed by atoms with E-state index in [9.17, 15) is 13.2 Å². The quantitative estimate of drug-likeness (QED) is 0.637. The molecule has 0 aromatic rings. The first kappa shape index (κ1) is 12.9. The molecule has 78 valence electrons. The van der Waals surface area contributed by atoms with Gasteiger partial charge in [0.15, 0.2) is 0 Å². The van der Waals surface area contributed by atoms with E-state index in [0.717, 1.165) is 0 Å². The van der Waals surface area contributed by atoms with Gasteiger partial charge in [-0.25, -0.2) is 13.1 Å². The Kier molecular flexibility index (Phi) is 6.27. The molecule has 0 heterocycles. The minimum absolute atomic E-state index is 0.0858. The molecule has 1 amide bonds. The van der Waals surface area contributed by atoms with Crippen LogP contribution in [0.3, 0.4) is 0 Å². The first-order chi connectivity index (χ1) is 6.02. The maximum absolute atomic E-state index is 10.9. The molecule has 0 rings (SSSR count). The summed E-state index contributed by atoms with van der Waals surface area (Å²) < 4.78 is 23.9. The van der Waals surface area contributed by atoms with Gasteiger partial charge in [-0.05, 0) is 7.05 Å². The highest BCUT2D eigenvalue weighted by Gasteiger charge is 2.06. The Balaban J connectivity index is 3.62. The standard InChI is InChI=1S/C6H13BrN2O3S/c1-8-13(11,12)5-4-9-6(10)2-3-7/h8H,2-5H2,1H3,(H,9,10). The van der Waals surface area contributed by atoms with Gasteiger partial charge in [0, 0.05) is 18.3 Å². The lowest BCUT2D eigenvalue weighted by molar-refractivity contribution is -0.120. The fraction of sp³-hybridized carbons (Fsp3) is 0.833. The summed E-state index contributed by atoms with van der Waals surface area (Å²) in [5.74, 6) is -0.236. The van der Waals surface area contributed by atoms with Crippen LogP contribution in [0.5, 0.6) is 0 Å². The van der Waals surface area contributed by atoms with Gasteiger partial charge in [-0.1, -0.05) is 15.9 Å². The SMILES string of the molecule is CNS(=O)(=O)CCNC(=O)CCBr. The van der Waals surface area contributed by atoms with Crippen molar-refractivity contribution in [2.24, 2.45) is 0 Å². The first-order valence-electron chi connectivity index (χ1n) is 3.75. The zero-order chi connectivity index (χ0) is 10.3. The number of rotatable bonds is 6. The van der Waals surface area contributed by atoms with E-state index >= 15 is 0 Å². The Labute approximate surface area is 86.5 Å². The highest BCUT2D eigenvalue weighted by Crippen LogP contribution is 1.87. The maximum atomic E-state index is 10.9. The Morgan fingerprint density at radius 3 is 2.54 bits per heavy atom. The summed E-state index contributed by atoms with van der Waals surface area (Å²) in [6.07, 6.45) is 0.361. The number of carbonyl (C=O) groups excluding carboxylic acids is 1. The van der Waals surface area contributed by atoms with Crippen LogP contribution < -0.4 is 10.0 Å². The van der Waals surface area contributed by atoms with Crippen molar-refractivity contribution in [2.75, 3.05) is 24.7 Å². The van der Waals surface area contributed by atoms with Gasteiger partial charge in [0.25, 0.3) is 0 Å². The van der Waals surface area contributed by atoms with Gasteiger partial charge in [-0.2, -0.15) is 0 Å². The van der Waals surface area contributed by atoms with E-state index in [0.29, 0.717) is 11.8 Å². The van der Waals surface area contributed by atoms with Gasteiger partial charge in [-0.15, -0.1) is 0 Å². The molecule has 2 N–H and O–H groups in total. The van der Waals surface area contributed by atoms with E-state index in [1.165, 1.54) is 7.05 Å². The van der Waals surface area contributed by atoms with Crippen molar-refractivity contribution in [2.45, 2.75) is 6.42 Å². The van der Waals surface area contributed by atoms with Crippen LogP contribution in [0.2, 0.25) is 0 Å². The zero-order valence-electron chi connectivity index (χ0n) is 7.34. The summed E-state index contributed by atoms with van der Waals surface area (Å²) in [7, 11) is -1.86. The Hall–Kier alpha value is -0.140. The lowest BCUT2D eigenvalue weighted by Crippen LogP contribution is -2.32. The van der Waals surface area contributed by atoms with Crippen LogP contribution in [-0.2, 0) is 14.8 Å². The number of carbonyl (C=O) groups is 1. The number of nitrogens with one attached hydrogen (secondary N) is 2. The third-order valence-electron chi connectivity index (χ3n) is 1.33. The van der Waals surface area contributed by atoms with Gasteiger partial charge in [0.2, 0.25) is 15.9 Å². The normalized spacial score (nSPS) is 11.2. The largest absolute Gasteiger partial charge is 0.355 e. The lowest BCUT2D eigenvalue weighted by Gasteiger charge is -2.03. The number of amides is 1. The van der Waals surface area contributed by atoms with E-state index in [4.69, 9.17) is 0 Å². The van der Waals surface area contributed by atoms with Crippen molar-refractivity contribution in [3.8, 4) is 0 Å². The second-order valence-electron chi connectivity index (χ2n) is 2.31. The van der Waals surface area contributed by atoms with Crippen LogP contribution in [0, 0.1) is 0 Å². The van der Waals surface area contributed by atoms with Crippen LogP contribution >= 0.6 is 15.9 Å². The topological polar surface area (TPSA) is 75.3 Å². The first-order valence-corrected chi connectivity index (χ1v) is 6.53. The van der Waals surface area contributed by atoms with E-state index in [1.807, 2.05) is 0 Å². The summed E-state index contributed by atoms with van der Waals surface area (Å²) in [5, 5.41) is 3.07. The van der Waals surface area contributed by atoms with E-state index in [2.05, 4.69) is 26.0 Å². The third-order valence-corrected chi connectivity index (χ3v) is 3.09. The summed E-state index contributed by atoms with van der Waals surface area (Å²) in [4.78, 5) is 10.9. The Morgan fingerprint density at radius 1 is 1.46 bits per heavy atom. The highest BCUT2D eigenvalue weighted by molar-refractivity contribution is 9.09. The second kappa shape index (κ2) is 6.33. The predicted molar refractivity (Wildman–Crippen MR) is 54.3 cm³/mol. The van der Waals surface area contributed by atoms with E-state index < -0.39 is 10.0 Å². The number of halogens is 1. The van der Waals surface area contributed by atoms with Crippen molar-refractivity contribution in [1.82, 2.24) is 10.0 Å². The molecule has 0 fully saturated rings. The fourth-order valence-corrected chi connectivity index (χ4v) is 1.54. The van der Waals surface area contributed by atoms with Crippen LogP contribution in [0.1, 0.15) is 6.42 Å². The summed E-state index contributed by atoms with van der Waals surface area (Å²) in [6.45, 7) is 0.148. The van der Waals surface area contributed by atoms with Crippen LogP contribution in [0.4, 0.5) is 0 Å². The Morgan fingerprint density at radius 2 is 2.08 bits per heavy atom. The van der Waals surface area contributed by atoms with Crippen molar-refractivity contribution in [1.29, 1.82) is 0 Å². The van der Waals surface area contributed by atoms with Gasteiger partial charge in [0.1, 0.15) is 0 Å². The molecule has 7 heteroatoms. The molecule has 13 heavy (non-hydrogen) atoms. The number of hydrogen-bond donors (Lipinski definition) is 2. The molecule has 5 nitrogen and oxygen atoms in total. The van der Waals surface area contributed by atoms with E-state index in [-0.39, 0.29) is 18.2 Å². The minimum Gasteiger partial charge on any atom is -0.355 e. The molecule has 0 aromatic carbocycles. The van der Waals surface area contributed by atoms with Crippen LogP contribution in [-0.4, -0.2) is 39.0 Å². The molecule has 0 atom stereocenters. The van der Waals surface area contributed by atoms with Crippen molar-refractivity contribution in [3.63, 3.8) is 0 Å². The number of sulfonamides is 1. The van der Waals surface area contributed by atoms with Crippen LogP contribution in [0.25, 0.3) is 0 Å². The lowest BCUT2D eigenvalue weighted by atomic mass is 10.4. The predicted octanol–water partition coefficient (Wildman–Crippen LogP) is -0.563. The van der Waals surface area contributed by atoms with Crippen molar-refractivity contribution >= 4 is 31.9 Å². The smallest absolute Gasteiger partial charge is 0.220 e. The van der Waals surface area contributed by atoms with Crippen LogP contribution in [0.15, 0.2) is 0 Å². The van der Waals surface area contributed by atoms with Gasteiger partial charge in [-0.3, -0.25) is 4.79 Å². The fourth-order valence-electron chi connectivity index (χ4n) is 0.601.